The number of hydrogen-bond donors (Lipinski definition) is 1. The van der Waals surface area contributed by atoms with Crippen molar-refractivity contribution in [2.75, 3.05) is 4.90 Å². The molecule has 0 saturated heterocycles. The van der Waals surface area contributed by atoms with Crippen LogP contribution in [0.15, 0.2) is 48.5 Å². The predicted molar refractivity (Wildman–Crippen MR) is 89.2 cm³/mol. The summed E-state index contributed by atoms with van der Waals surface area (Å²) in [6, 6.07) is 14.0. The van der Waals surface area contributed by atoms with Gasteiger partial charge in [-0.1, -0.05) is 29.8 Å². The molecule has 2 aromatic carbocycles. The Bertz CT molecular complexity index is 757. The Morgan fingerprint density at radius 1 is 1.13 bits per heavy atom. The van der Waals surface area contributed by atoms with Gasteiger partial charge in [-0.3, -0.25) is 9.59 Å². The molecule has 0 radical (unpaired) electrons. The number of benzene rings is 2. The van der Waals surface area contributed by atoms with Crippen molar-refractivity contribution < 1.29 is 14.7 Å². The maximum atomic E-state index is 12.9. The average molecular weight is 330 g/mol. The molecule has 118 valence electrons. The van der Waals surface area contributed by atoms with E-state index < -0.39 is 5.97 Å². The summed E-state index contributed by atoms with van der Waals surface area (Å²) in [5, 5.41) is 9.74. The Labute approximate surface area is 139 Å². The SMILES string of the molecule is CC1C(CC(=O)O)c2ccccc2N1C(=O)c1ccc(Cl)cc1. The van der Waals surface area contributed by atoms with Crippen LogP contribution in [0.5, 0.6) is 0 Å². The average Bonchev–Trinajstić information content (AvgIpc) is 2.80. The first kappa shape index (κ1) is 15.6. The number of halogens is 1. The number of carboxylic acid groups (broad SMARTS) is 1. The van der Waals surface area contributed by atoms with E-state index in [-0.39, 0.29) is 24.3 Å². The molecule has 2 atom stereocenters. The number of amides is 1. The number of rotatable bonds is 3. The van der Waals surface area contributed by atoms with Gasteiger partial charge in [-0.2, -0.15) is 0 Å². The Hall–Kier alpha value is -2.33. The highest BCUT2D eigenvalue weighted by molar-refractivity contribution is 6.30. The van der Waals surface area contributed by atoms with Crippen LogP contribution in [0.1, 0.15) is 35.2 Å². The van der Waals surface area contributed by atoms with Gasteiger partial charge in [0.05, 0.1) is 6.42 Å². The third-order valence-corrected chi connectivity index (χ3v) is 4.54. The number of carbonyl (C=O) groups excluding carboxylic acids is 1. The zero-order valence-electron chi connectivity index (χ0n) is 12.6. The second kappa shape index (κ2) is 6.05. The largest absolute Gasteiger partial charge is 0.481 e. The Balaban J connectivity index is 2.00. The monoisotopic (exact) mass is 329 g/mol. The van der Waals surface area contributed by atoms with E-state index in [2.05, 4.69) is 0 Å². The van der Waals surface area contributed by atoms with Crippen LogP contribution < -0.4 is 4.90 Å². The van der Waals surface area contributed by atoms with Gasteiger partial charge >= 0.3 is 5.97 Å². The molecular weight excluding hydrogens is 314 g/mol. The summed E-state index contributed by atoms with van der Waals surface area (Å²) < 4.78 is 0. The molecule has 1 amide bonds. The smallest absolute Gasteiger partial charge is 0.304 e. The summed E-state index contributed by atoms with van der Waals surface area (Å²) in [6.45, 7) is 1.89. The molecule has 0 fully saturated rings. The Morgan fingerprint density at radius 2 is 1.78 bits per heavy atom. The summed E-state index contributed by atoms with van der Waals surface area (Å²) in [5.74, 6) is -1.22. The lowest BCUT2D eigenvalue weighted by molar-refractivity contribution is -0.137. The molecular formula is C18H16ClNO3. The third-order valence-electron chi connectivity index (χ3n) is 4.29. The molecule has 0 aliphatic carbocycles. The third kappa shape index (κ3) is 2.82. The number of carboxylic acids is 1. The second-order valence-corrected chi connectivity index (χ2v) is 6.12. The first-order valence-corrected chi connectivity index (χ1v) is 7.76. The van der Waals surface area contributed by atoms with Crippen molar-refractivity contribution in [2.45, 2.75) is 25.3 Å². The fourth-order valence-electron chi connectivity index (χ4n) is 3.17. The lowest BCUT2D eigenvalue weighted by Crippen LogP contribution is -2.37. The van der Waals surface area contributed by atoms with Crippen LogP contribution in [-0.4, -0.2) is 23.0 Å². The fraction of sp³-hybridized carbons (Fsp3) is 0.222. The number of anilines is 1. The highest BCUT2D eigenvalue weighted by atomic mass is 35.5. The number of fused-ring (bicyclic) bond motifs is 1. The van der Waals surface area contributed by atoms with Gasteiger partial charge in [0.15, 0.2) is 0 Å². The van der Waals surface area contributed by atoms with Crippen molar-refractivity contribution in [1.29, 1.82) is 0 Å². The van der Waals surface area contributed by atoms with Crippen LogP contribution in [0.3, 0.4) is 0 Å². The maximum absolute atomic E-state index is 12.9. The van der Waals surface area contributed by atoms with Crippen molar-refractivity contribution in [1.82, 2.24) is 0 Å². The van der Waals surface area contributed by atoms with Gasteiger partial charge in [-0.15, -0.1) is 0 Å². The van der Waals surface area contributed by atoms with E-state index >= 15 is 0 Å². The molecule has 2 aromatic rings. The summed E-state index contributed by atoms with van der Waals surface area (Å²) in [5.41, 5.74) is 2.22. The first-order chi connectivity index (χ1) is 11.0. The van der Waals surface area contributed by atoms with E-state index in [9.17, 15) is 14.7 Å². The van der Waals surface area contributed by atoms with Crippen LogP contribution in [0.2, 0.25) is 5.02 Å². The Kier molecular flexibility index (Phi) is 4.09. The molecule has 3 rings (SSSR count). The molecule has 1 aliphatic rings. The topological polar surface area (TPSA) is 57.6 Å². The highest BCUT2D eigenvalue weighted by Crippen LogP contribution is 2.43. The van der Waals surface area contributed by atoms with Gasteiger partial charge < -0.3 is 10.0 Å². The van der Waals surface area contributed by atoms with Crippen LogP contribution in [0.4, 0.5) is 5.69 Å². The molecule has 0 aromatic heterocycles. The summed E-state index contributed by atoms with van der Waals surface area (Å²) in [4.78, 5) is 25.8. The molecule has 1 aliphatic heterocycles. The van der Waals surface area contributed by atoms with Gasteiger partial charge in [-0.25, -0.2) is 0 Å². The maximum Gasteiger partial charge on any atom is 0.304 e. The Morgan fingerprint density at radius 3 is 2.43 bits per heavy atom. The molecule has 2 unspecified atom stereocenters. The minimum Gasteiger partial charge on any atom is -0.481 e. The molecule has 23 heavy (non-hydrogen) atoms. The van der Waals surface area contributed by atoms with Crippen molar-refractivity contribution in [2.24, 2.45) is 0 Å². The minimum atomic E-state index is -0.863. The highest BCUT2D eigenvalue weighted by Gasteiger charge is 2.39. The second-order valence-electron chi connectivity index (χ2n) is 5.69. The van der Waals surface area contributed by atoms with E-state index in [1.165, 1.54) is 0 Å². The zero-order chi connectivity index (χ0) is 16.6. The van der Waals surface area contributed by atoms with Gasteiger partial charge in [0.1, 0.15) is 0 Å². The minimum absolute atomic E-state index is 0.00256. The van der Waals surface area contributed by atoms with E-state index in [0.717, 1.165) is 11.3 Å². The van der Waals surface area contributed by atoms with E-state index in [1.807, 2.05) is 31.2 Å². The van der Waals surface area contributed by atoms with E-state index in [0.29, 0.717) is 10.6 Å². The molecule has 4 nitrogen and oxygen atoms in total. The van der Waals surface area contributed by atoms with E-state index in [1.54, 1.807) is 29.2 Å². The van der Waals surface area contributed by atoms with Crippen molar-refractivity contribution in [3.63, 3.8) is 0 Å². The molecule has 0 saturated carbocycles. The first-order valence-electron chi connectivity index (χ1n) is 7.39. The van der Waals surface area contributed by atoms with E-state index in [4.69, 9.17) is 11.6 Å². The number of hydrogen-bond acceptors (Lipinski definition) is 2. The normalized spacial score (nSPS) is 19.5. The summed E-state index contributed by atoms with van der Waals surface area (Å²) in [7, 11) is 0. The quantitative estimate of drug-likeness (QED) is 0.927. The number of aliphatic carboxylic acids is 1. The van der Waals surface area contributed by atoms with Gasteiger partial charge in [0.2, 0.25) is 0 Å². The van der Waals surface area contributed by atoms with Crippen LogP contribution >= 0.6 is 11.6 Å². The van der Waals surface area contributed by atoms with Crippen molar-refractivity contribution in [3.05, 3.63) is 64.7 Å². The standard InChI is InChI=1S/C18H16ClNO3/c1-11-15(10-17(21)22)14-4-2-3-5-16(14)20(11)18(23)12-6-8-13(19)9-7-12/h2-9,11,15H,10H2,1H3,(H,21,22). The van der Waals surface area contributed by atoms with Gasteiger partial charge in [-0.05, 0) is 42.8 Å². The number of para-hydroxylation sites is 1. The van der Waals surface area contributed by atoms with Gasteiger partial charge in [0, 0.05) is 28.2 Å². The lowest BCUT2D eigenvalue weighted by atomic mass is 9.93. The predicted octanol–water partition coefficient (Wildman–Crippen LogP) is 3.95. The molecule has 1 N–H and O–H groups in total. The molecule has 0 bridgehead atoms. The van der Waals surface area contributed by atoms with Crippen molar-refractivity contribution >= 4 is 29.2 Å². The van der Waals surface area contributed by atoms with Crippen LogP contribution in [0, 0.1) is 0 Å². The summed E-state index contributed by atoms with van der Waals surface area (Å²) in [6.07, 6.45) is 0.00256. The molecule has 0 spiro atoms. The number of carbonyl (C=O) groups is 2. The molecule has 5 heteroatoms. The number of nitrogens with zero attached hydrogens (tertiary/aromatic N) is 1. The van der Waals surface area contributed by atoms with Crippen molar-refractivity contribution in [3.8, 4) is 0 Å². The van der Waals surface area contributed by atoms with Crippen LogP contribution in [-0.2, 0) is 4.79 Å². The molecule has 1 heterocycles. The summed E-state index contributed by atoms with van der Waals surface area (Å²) >= 11 is 5.88. The van der Waals surface area contributed by atoms with Gasteiger partial charge in [0.25, 0.3) is 5.91 Å². The lowest BCUT2D eigenvalue weighted by Gasteiger charge is -2.25. The zero-order valence-corrected chi connectivity index (χ0v) is 13.3. The van der Waals surface area contributed by atoms with Crippen LogP contribution in [0.25, 0.3) is 0 Å². The fourth-order valence-corrected chi connectivity index (χ4v) is 3.30.